The molecule has 0 heterocycles. The second-order valence-electron chi connectivity index (χ2n) is 3.44. The van der Waals surface area contributed by atoms with Crippen LogP contribution in [0.2, 0.25) is 0 Å². The van der Waals surface area contributed by atoms with Crippen LogP contribution in [-0.2, 0) is 10.3 Å². The lowest BCUT2D eigenvalue weighted by atomic mass is 9.85. The van der Waals surface area contributed by atoms with Crippen LogP contribution in [0.25, 0.3) is 0 Å². The fraction of sp³-hybridized carbons (Fsp3) is 0.364. The van der Waals surface area contributed by atoms with Crippen LogP contribution in [0.5, 0.6) is 0 Å². The van der Waals surface area contributed by atoms with Crippen molar-refractivity contribution in [1.82, 2.24) is 0 Å². The number of aryl methyl sites for hydroxylation is 1. The summed E-state index contributed by atoms with van der Waals surface area (Å²) in [6.07, 6.45) is 0.382. The van der Waals surface area contributed by atoms with Crippen molar-refractivity contribution < 1.29 is 9.90 Å². The first kappa shape index (κ1) is 10.7. The molecule has 0 aliphatic carbocycles. The molecule has 0 fully saturated rings. The molecule has 1 aromatic rings. The van der Waals surface area contributed by atoms with Crippen LogP contribution in [0, 0.1) is 6.92 Å². The van der Waals surface area contributed by atoms with E-state index in [-0.39, 0.29) is 0 Å². The molecule has 0 aromatic heterocycles. The molecular weight excluding hydrogens is 178 g/mol. The molecule has 3 N–H and O–H groups in total. The molecule has 1 aromatic carbocycles. The SMILES string of the molecule is CCC(N)(C(=O)O)c1ccccc1C. The minimum absolute atomic E-state index is 0.382. The van der Waals surface area contributed by atoms with E-state index in [0.29, 0.717) is 12.0 Å². The number of hydrogen-bond acceptors (Lipinski definition) is 2. The number of carboxylic acids is 1. The summed E-state index contributed by atoms with van der Waals surface area (Å²) in [5, 5.41) is 9.09. The molecule has 0 spiro atoms. The predicted octanol–water partition coefficient (Wildman–Crippen LogP) is 1.64. The summed E-state index contributed by atoms with van der Waals surface area (Å²) >= 11 is 0. The van der Waals surface area contributed by atoms with E-state index in [1.54, 1.807) is 13.0 Å². The van der Waals surface area contributed by atoms with Crippen molar-refractivity contribution in [1.29, 1.82) is 0 Å². The van der Waals surface area contributed by atoms with Crippen molar-refractivity contribution in [2.75, 3.05) is 0 Å². The molecule has 0 saturated carbocycles. The van der Waals surface area contributed by atoms with E-state index in [9.17, 15) is 4.79 Å². The number of benzene rings is 1. The highest BCUT2D eigenvalue weighted by Crippen LogP contribution is 2.25. The Morgan fingerprint density at radius 1 is 1.50 bits per heavy atom. The van der Waals surface area contributed by atoms with Crippen molar-refractivity contribution in [3.05, 3.63) is 35.4 Å². The Morgan fingerprint density at radius 3 is 2.50 bits per heavy atom. The highest BCUT2D eigenvalue weighted by atomic mass is 16.4. The van der Waals surface area contributed by atoms with E-state index in [2.05, 4.69) is 0 Å². The van der Waals surface area contributed by atoms with Crippen LogP contribution in [0.4, 0.5) is 0 Å². The average molecular weight is 193 g/mol. The lowest BCUT2D eigenvalue weighted by molar-refractivity contribution is -0.143. The molecule has 0 bridgehead atoms. The molecule has 0 amide bonds. The maximum absolute atomic E-state index is 11.1. The van der Waals surface area contributed by atoms with Gasteiger partial charge in [-0.25, -0.2) is 4.79 Å². The summed E-state index contributed by atoms with van der Waals surface area (Å²) in [6, 6.07) is 7.32. The van der Waals surface area contributed by atoms with Crippen molar-refractivity contribution >= 4 is 5.97 Å². The molecule has 0 radical (unpaired) electrons. The molecule has 1 atom stereocenters. The normalized spacial score (nSPS) is 14.8. The van der Waals surface area contributed by atoms with Gasteiger partial charge in [0.05, 0.1) is 0 Å². The standard InChI is InChI=1S/C11H15NO2/c1-3-11(12,10(13)14)9-7-5-4-6-8(9)2/h4-7H,3,12H2,1-2H3,(H,13,14). The zero-order valence-electron chi connectivity index (χ0n) is 8.45. The number of nitrogens with two attached hydrogens (primary N) is 1. The first-order valence-electron chi connectivity index (χ1n) is 4.60. The minimum atomic E-state index is -1.26. The highest BCUT2D eigenvalue weighted by Gasteiger charge is 2.34. The van der Waals surface area contributed by atoms with E-state index in [4.69, 9.17) is 10.8 Å². The maximum Gasteiger partial charge on any atom is 0.328 e. The Balaban J connectivity index is 3.26. The lowest BCUT2D eigenvalue weighted by Gasteiger charge is -2.25. The molecule has 0 aliphatic rings. The molecule has 76 valence electrons. The van der Waals surface area contributed by atoms with Crippen molar-refractivity contribution in [2.24, 2.45) is 5.73 Å². The van der Waals surface area contributed by atoms with Gasteiger partial charge in [0.15, 0.2) is 0 Å². The molecule has 0 aliphatic heterocycles. The number of rotatable bonds is 3. The third kappa shape index (κ3) is 1.63. The van der Waals surface area contributed by atoms with Gasteiger partial charge in [-0.15, -0.1) is 0 Å². The predicted molar refractivity (Wildman–Crippen MR) is 55.0 cm³/mol. The zero-order valence-corrected chi connectivity index (χ0v) is 8.45. The summed E-state index contributed by atoms with van der Waals surface area (Å²) in [5.41, 5.74) is 6.21. The minimum Gasteiger partial charge on any atom is -0.480 e. The maximum atomic E-state index is 11.1. The molecular formula is C11H15NO2. The van der Waals surface area contributed by atoms with E-state index < -0.39 is 11.5 Å². The molecule has 14 heavy (non-hydrogen) atoms. The third-order valence-electron chi connectivity index (χ3n) is 2.57. The fourth-order valence-electron chi connectivity index (χ4n) is 1.53. The molecule has 0 saturated heterocycles. The van der Waals surface area contributed by atoms with Gasteiger partial charge in [-0.3, -0.25) is 0 Å². The van der Waals surface area contributed by atoms with Gasteiger partial charge in [-0.05, 0) is 24.5 Å². The van der Waals surface area contributed by atoms with Gasteiger partial charge < -0.3 is 10.8 Å². The van der Waals surface area contributed by atoms with Crippen molar-refractivity contribution in [3.63, 3.8) is 0 Å². The number of hydrogen-bond donors (Lipinski definition) is 2. The highest BCUT2D eigenvalue weighted by molar-refractivity contribution is 5.80. The molecule has 3 nitrogen and oxygen atoms in total. The molecule has 1 rings (SSSR count). The third-order valence-corrected chi connectivity index (χ3v) is 2.57. The average Bonchev–Trinajstić information content (AvgIpc) is 2.17. The molecule has 3 heteroatoms. The Hall–Kier alpha value is -1.35. The summed E-state index contributed by atoms with van der Waals surface area (Å²) < 4.78 is 0. The van der Waals surface area contributed by atoms with Gasteiger partial charge in [0.25, 0.3) is 0 Å². The van der Waals surface area contributed by atoms with E-state index in [0.717, 1.165) is 5.56 Å². The van der Waals surface area contributed by atoms with Crippen LogP contribution < -0.4 is 5.73 Å². The van der Waals surface area contributed by atoms with Gasteiger partial charge in [0.2, 0.25) is 0 Å². The van der Waals surface area contributed by atoms with E-state index in [1.165, 1.54) is 0 Å². The second-order valence-corrected chi connectivity index (χ2v) is 3.44. The quantitative estimate of drug-likeness (QED) is 0.767. The van der Waals surface area contributed by atoms with Crippen molar-refractivity contribution in [2.45, 2.75) is 25.8 Å². The number of aliphatic carboxylic acids is 1. The van der Waals surface area contributed by atoms with Gasteiger partial charge in [-0.1, -0.05) is 31.2 Å². The number of carboxylic acid groups (broad SMARTS) is 1. The van der Waals surface area contributed by atoms with Crippen LogP contribution in [0.3, 0.4) is 0 Å². The number of carbonyl (C=O) groups is 1. The van der Waals surface area contributed by atoms with Gasteiger partial charge in [0, 0.05) is 0 Å². The van der Waals surface area contributed by atoms with Crippen molar-refractivity contribution in [3.8, 4) is 0 Å². The lowest BCUT2D eigenvalue weighted by Crippen LogP contribution is -2.44. The second kappa shape index (κ2) is 3.80. The first-order chi connectivity index (χ1) is 6.52. The fourth-order valence-corrected chi connectivity index (χ4v) is 1.53. The Bertz CT molecular complexity index is 349. The Kier molecular flexibility index (Phi) is 2.91. The van der Waals surface area contributed by atoms with Gasteiger partial charge in [-0.2, -0.15) is 0 Å². The van der Waals surface area contributed by atoms with E-state index in [1.807, 2.05) is 25.1 Å². The Labute approximate surface area is 83.6 Å². The summed E-state index contributed by atoms with van der Waals surface area (Å²) in [5.74, 6) is -0.977. The first-order valence-corrected chi connectivity index (χ1v) is 4.60. The topological polar surface area (TPSA) is 63.3 Å². The summed E-state index contributed by atoms with van der Waals surface area (Å²) in [7, 11) is 0. The van der Waals surface area contributed by atoms with Crippen LogP contribution in [-0.4, -0.2) is 11.1 Å². The van der Waals surface area contributed by atoms with Gasteiger partial charge >= 0.3 is 5.97 Å². The summed E-state index contributed by atoms with van der Waals surface area (Å²) in [4.78, 5) is 11.1. The van der Waals surface area contributed by atoms with Crippen LogP contribution >= 0.6 is 0 Å². The summed E-state index contributed by atoms with van der Waals surface area (Å²) in [6.45, 7) is 3.65. The van der Waals surface area contributed by atoms with Crippen LogP contribution in [0.1, 0.15) is 24.5 Å². The Morgan fingerprint density at radius 2 is 2.07 bits per heavy atom. The largest absolute Gasteiger partial charge is 0.480 e. The monoisotopic (exact) mass is 193 g/mol. The smallest absolute Gasteiger partial charge is 0.328 e. The zero-order chi connectivity index (χ0) is 10.8. The van der Waals surface area contributed by atoms with Crippen LogP contribution in [0.15, 0.2) is 24.3 Å². The van der Waals surface area contributed by atoms with Gasteiger partial charge in [0.1, 0.15) is 5.54 Å². The van der Waals surface area contributed by atoms with E-state index >= 15 is 0 Å². The molecule has 1 unspecified atom stereocenters.